The second-order valence-corrected chi connectivity index (χ2v) is 6.62. The monoisotopic (exact) mass is 349 g/mol. The molecule has 1 aliphatic rings. The lowest BCUT2D eigenvalue weighted by Gasteiger charge is -2.34. The van der Waals surface area contributed by atoms with Crippen molar-refractivity contribution in [1.82, 2.24) is 15.1 Å². The van der Waals surface area contributed by atoms with Gasteiger partial charge in [0.15, 0.2) is 5.82 Å². The number of aryl methyl sites for hydroxylation is 1. The van der Waals surface area contributed by atoms with E-state index in [-0.39, 0.29) is 5.91 Å². The van der Waals surface area contributed by atoms with Crippen LogP contribution >= 0.6 is 0 Å². The quantitative estimate of drug-likeness (QED) is 0.750. The van der Waals surface area contributed by atoms with Crippen LogP contribution < -0.4 is 11.1 Å². The van der Waals surface area contributed by atoms with Crippen molar-refractivity contribution < 1.29 is 9.32 Å². The largest absolute Gasteiger partial charge is 0.334 e. The van der Waals surface area contributed by atoms with Crippen molar-refractivity contribution in [1.29, 1.82) is 0 Å². The number of hydrogen-bond acceptors (Lipinski definition) is 6. The number of para-hydroxylation sites is 1. The molecule has 7 heteroatoms. The number of nitrogens with two attached hydrogens (primary N) is 1. The number of aromatic nitrogens is 3. The van der Waals surface area contributed by atoms with E-state index in [1.165, 1.54) is 0 Å². The number of carbonyl (C=O) groups is 1. The minimum absolute atomic E-state index is 0.225. The average molecular weight is 349 g/mol. The van der Waals surface area contributed by atoms with Gasteiger partial charge in [0, 0.05) is 18.0 Å². The molecule has 0 bridgehead atoms. The number of nitrogens with one attached hydrogen (secondary N) is 1. The van der Waals surface area contributed by atoms with Gasteiger partial charge in [-0.2, -0.15) is 4.98 Å². The fourth-order valence-corrected chi connectivity index (χ4v) is 3.02. The minimum Gasteiger partial charge on any atom is -0.334 e. The molecule has 2 aromatic heterocycles. The van der Waals surface area contributed by atoms with Gasteiger partial charge in [-0.1, -0.05) is 17.3 Å². The lowest BCUT2D eigenvalue weighted by Crippen LogP contribution is -2.44. The summed E-state index contributed by atoms with van der Waals surface area (Å²) in [5.74, 6) is 0.647. The molecule has 26 heavy (non-hydrogen) atoms. The van der Waals surface area contributed by atoms with Gasteiger partial charge in [-0.3, -0.25) is 9.78 Å². The third kappa shape index (κ3) is 2.86. The lowest BCUT2D eigenvalue weighted by atomic mass is 9.77. The molecule has 1 saturated carbocycles. The number of hydrogen-bond donors (Lipinski definition) is 2. The van der Waals surface area contributed by atoms with Gasteiger partial charge < -0.3 is 15.6 Å². The molecular formula is C19H19N5O2. The van der Waals surface area contributed by atoms with Gasteiger partial charge in [0.25, 0.3) is 11.8 Å². The van der Waals surface area contributed by atoms with Crippen LogP contribution in [0.1, 0.15) is 41.0 Å². The van der Waals surface area contributed by atoms with Gasteiger partial charge in [-0.15, -0.1) is 0 Å². The van der Waals surface area contributed by atoms with Gasteiger partial charge in [-0.05, 0) is 49.9 Å². The number of amides is 1. The van der Waals surface area contributed by atoms with Crippen molar-refractivity contribution in [2.24, 2.45) is 5.73 Å². The zero-order chi connectivity index (χ0) is 18.1. The zero-order valence-electron chi connectivity index (χ0n) is 14.4. The molecule has 0 aliphatic heterocycles. The fourth-order valence-electron chi connectivity index (χ4n) is 3.02. The molecule has 1 aromatic carbocycles. The molecule has 1 aliphatic carbocycles. The smallest absolute Gasteiger partial charge is 0.260 e. The molecule has 1 fully saturated rings. The van der Waals surface area contributed by atoms with Crippen LogP contribution in [0.4, 0.5) is 5.69 Å². The molecule has 3 aromatic rings. The van der Waals surface area contributed by atoms with Crippen LogP contribution in [0.15, 0.2) is 47.2 Å². The predicted octanol–water partition coefficient (Wildman–Crippen LogP) is 3.03. The highest BCUT2D eigenvalue weighted by atomic mass is 16.5. The highest BCUT2D eigenvalue weighted by Crippen LogP contribution is 2.38. The first-order valence-electron chi connectivity index (χ1n) is 8.51. The van der Waals surface area contributed by atoms with Crippen molar-refractivity contribution >= 4 is 11.6 Å². The summed E-state index contributed by atoms with van der Waals surface area (Å²) >= 11 is 0. The van der Waals surface area contributed by atoms with E-state index in [9.17, 15) is 4.79 Å². The number of rotatable bonds is 4. The summed E-state index contributed by atoms with van der Waals surface area (Å²) in [7, 11) is 0. The molecule has 0 unspecified atom stereocenters. The maximum Gasteiger partial charge on any atom is 0.260 e. The van der Waals surface area contributed by atoms with Crippen LogP contribution in [0, 0.1) is 6.92 Å². The topological polar surface area (TPSA) is 107 Å². The molecular weight excluding hydrogens is 330 g/mol. The van der Waals surface area contributed by atoms with Crippen LogP contribution in [0.2, 0.25) is 0 Å². The second-order valence-electron chi connectivity index (χ2n) is 6.62. The van der Waals surface area contributed by atoms with E-state index in [1.54, 1.807) is 24.5 Å². The van der Waals surface area contributed by atoms with Crippen molar-refractivity contribution in [2.45, 2.75) is 31.7 Å². The average Bonchev–Trinajstić information content (AvgIpc) is 3.12. The standard InChI is InChI=1S/C19H19N5O2/c1-12-4-2-5-14(15(12)22-16(25)13-6-10-21-11-7-13)17-23-18(24-26-17)19(20)8-3-9-19/h2,4-7,10-11H,3,8-9,20H2,1H3,(H,22,25). The number of nitrogens with zero attached hydrogens (tertiary/aromatic N) is 3. The van der Waals surface area contributed by atoms with E-state index < -0.39 is 5.54 Å². The van der Waals surface area contributed by atoms with Crippen LogP contribution in [0.25, 0.3) is 11.5 Å². The van der Waals surface area contributed by atoms with E-state index in [2.05, 4.69) is 20.4 Å². The second kappa shape index (κ2) is 6.34. The highest BCUT2D eigenvalue weighted by molar-refractivity contribution is 6.06. The molecule has 0 atom stereocenters. The van der Waals surface area contributed by atoms with Gasteiger partial charge in [-0.25, -0.2) is 0 Å². The number of pyridine rings is 1. The fraction of sp³-hybridized carbons (Fsp3) is 0.263. The van der Waals surface area contributed by atoms with Crippen LogP contribution in [0.5, 0.6) is 0 Å². The summed E-state index contributed by atoms with van der Waals surface area (Å²) in [6.07, 6.45) is 5.93. The first-order valence-corrected chi connectivity index (χ1v) is 8.51. The Bertz CT molecular complexity index is 948. The maximum atomic E-state index is 12.5. The molecule has 132 valence electrons. The van der Waals surface area contributed by atoms with Gasteiger partial charge in [0.05, 0.1) is 16.8 Å². The van der Waals surface area contributed by atoms with Crippen molar-refractivity contribution in [2.75, 3.05) is 5.32 Å². The number of benzene rings is 1. The molecule has 1 amide bonds. The lowest BCUT2D eigenvalue weighted by molar-refractivity contribution is 0.102. The maximum absolute atomic E-state index is 12.5. The Morgan fingerprint density at radius 2 is 2.00 bits per heavy atom. The Labute approximate surface area is 150 Å². The van der Waals surface area contributed by atoms with E-state index in [0.29, 0.717) is 28.5 Å². The number of carbonyl (C=O) groups excluding carboxylic acids is 1. The van der Waals surface area contributed by atoms with Gasteiger partial charge >= 0.3 is 0 Å². The van der Waals surface area contributed by atoms with E-state index in [1.807, 2.05) is 25.1 Å². The Morgan fingerprint density at radius 1 is 1.23 bits per heavy atom. The molecule has 0 radical (unpaired) electrons. The molecule has 3 N–H and O–H groups in total. The Balaban J connectivity index is 1.67. The number of anilines is 1. The summed E-state index contributed by atoms with van der Waals surface area (Å²) < 4.78 is 5.45. The summed E-state index contributed by atoms with van der Waals surface area (Å²) in [6.45, 7) is 1.92. The third-order valence-electron chi connectivity index (χ3n) is 4.80. The van der Waals surface area contributed by atoms with Crippen LogP contribution in [0.3, 0.4) is 0 Å². The van der Waals surface area contributed by atoms with Crippen LogP contribution in [-0.2, 0) is 5.54 Å². The zero-order valence-corrected chi connectivity index (χ0v) is 14.4. The third-order valence-corrected chi connectivity index (χ3v) is 4.80. The Kier molecular flexibility index (Phi) is 4.00. The predicted molar refractivity (Wildman–Crippen MR) is 96.4 cm³/mol. The van der Waals surface area contributed by atoms with Crippen molar-refractivity contribution in [3.05, 3.63) is 59.7 Å². The Hall–Kier alpha value is -3.06. The highest BCUT2D eigenvalue weighted by Gasteiger charge is 2.39. The molecule has 2 heterocycles. The van der Waals surface area contributed by atoms with E-state index in [0.717, 1.165) is 24.8 Å². The van der Waals surface area contributed by atoms with E-state index >= 15 is 0 Å². The molecule has 0 spiro atoms. The van der Waals surface area contributed by atoms with Crippen LogP contribution in [-0.4, -0.2) is 21.0 Å². The molecule has 0 saturated heterocycles. The van der Waals surface area contributed by atoms with E-state index in [4.69, 9.17) is 10.3 Å². The summed E-state index contributed by atoms with van der Waals surface area (Å²) in [6, 6.07) is 8.97. The normalized spacial score (nSPS) is 15.3. The van der Waals surface area contributed by atoms with Gasteiger partial charge in [0.1, 0.15) is 0 Å². The molecule has 7 nitrogen and oxygen atoms in total. The SMILES string of the molecule is Cc1cccc(-c2nc(C3(N)CCC3)no2)c1NC(=O)c1ccncc1. The summed E-state index contributed by atoms with van der Waals surface area (Å²) in [5.41, 5.74) is 8.53. The first kappa shape index (κ1) is 16.4. The van der Waals surface area contributed by atoms with Crippen molar-refractivity contribution in [3.63, 3.8) is 0 Å². The summed E-state index contributed by atoms with van der Waals surface area (Å²) in [4.78, 5) is 21.0. The van der Waals surface area contributed by atoms with Crippen molar-refractivity contribution in [3.8, 4) is 11.5 Å². The van der Waals surface area contributed by atoms with Gasteiger partial charge in [0.2, 0.25) is 0 Å². The Morgan fingerprint density at radius 3 is 2.69 bits per heavy atom. The molecule has 4 rings (SSSR count). The first-order chi connectivity index (χ1) is 12.6. The minimum atomic E-state index is -0.494. The summed E-state index contributed by atoms with van der Waals surface area (Å²) in [5, 5.41) is 7.01.